The van der Waals surface area contributed by atoms with Gasteiger partial charge in [-0.05, 0) is 43.2 Å². The van der Waals surface area contributed by atoms with Crippen molar-refractivity contribution in [1.29, 1.82) is 0 Å². The van der Waals surface area contributed by atoms with Crippen molar-refractivity contribution in [2.24, 2.45) is 10.8 Å². The Labute approximate surface area is 191 Å². The fraction of sp³-hybridized carbons (Fsp3) is 0.375. The summed E-state index contributed by atoms with van der Waals surface area (Å²) in [6.07, 6.45) is 1.82. The summed E-state index contributed by atoms with van der Waals surface area (Å²) in [6, 6.07) is 12.2. The first kappa shape index (κ1) is 22.7. The minimum absolute atomic E-state index is 0.0641. The summed E-state index contributed by atoms with van der Waals surface area (Å²) in [5.41, 5.74) is 7.15. The highest BCUT2D eigenvalue weighted by molar-refractivity contribution is 6.40. The van der Waals surface area contributed by atoms with E-state index in [0.717, 1.165) is 18.4 Å². The lowest BCUT2D eigenvalue weighted by atomic mass is 10.1. The van der Waals surface area contributed by atoms with Crippen LogP contribution in [0.4, 0.5) is 10.1 Å². The highest BCUT2D eigenvalue weighted by Gasteiger charge is 2.37. The number of anilines is 1. The van der Waals surface area contributed by atoms with Crippen molar-refractivity contribution in [1.82, 2.24) is 4.90 Å². The monoisotopic (exact) mass is 454 g/mol. The Morgan fingerprint density at radius 1 is 1.24 bits per heavy atom. The molecule has 174 valence electrons. The van der Waals surface area contributed by atoms with Crippen molar-refractivity contribution >= 4 is 23.2 Å². The third-order valence-electron chi connectivity index (χ3n) is 5.87. The summed E-state index contributed by atoms with van der Waals surface area (Å²) >= 11 is 0. The van der Waals surface area contributed by atoms with Crippen molar-refractivity contribution in [3.63, 3.8) is 0 Å². The molecule has 4 rings (SSSR count). The summed E-state index contributed by atoms with van der Waals surface area (Å²) in [4.78, 5) is 27.4. The van der Waals surface area contributed by atoms with Crippen molar-refractivity contribution < 1.29 is 23.5 Å². The van der Waals surface area contributed by atoms with E-state index < -0.39 is 17.8 Å². The van der Waals surface area contributed by atoms with Crippen LogP contribution >= 0.6 is 0 Å². The molecule has 8 nitrogen and oxygen atoms in total. The number of nitrogens with zero attached hydrogens (tertiary/aromatic N) is 3. The minimum Gasteiger partial charge on any atom is -0.496 e. The largest absolute Gasteiger partial charge is 0.496 e. The van der Waals surface area contributed by atoms with E-state index >= 15 is 0 Å². The van der Waals surface area contributed by atoms with E-state index in [9.17, 15) is 14.0 Å². The number of amides is 2. The number of rotatable bonds is 8. The molecule has 1 saturated heterocycles. The van der Waals surface area contributed by atoms with Crippen LogP contribution in [0.1, 0.15) is 24.8 Å². The van der Waals surface area contributed by atoms with Gasteiger partial charge < -0.3 is 20.1 Å². The number of hydrogen-bond donors (Lipinski definition) is 1. The SMILES string of the molecule is COc1ccccc1CN(CC1CCCO1)C(=O)C1=NN(c2ccc(F)cc2)C(C(N)=O)C1. The molecule has 0 spiro atoms. The average molecular weight is 455 g/mol. The number of ether oxygens (including phenoxy) is 2. The van der Waals surface area contributed by atoms with Crippen LogP contribution in [0, 0.1) is 5.82 Å². The maximum atomic E-state index is 13.6. The smallest absolute Gasteiger partial charge is 0.270 e. The summed E-state index contributed by atoms with van der Waals surface area (Å²) in [5, 5.41) is 5.82. The number of hydrogen-bond acceptors (Lipinski definition) is 6. The van der Waals surface area contributed by atoms with Crippen LogP contribution in [0.3, 0.4) is 0 Å². The number of hydrazone groups is 1. The molecular weight excluding hydrogens is 427 g/mol. The number of halogens is 1. The van der Waals surface area contributed by atoms with Crippen LogP contribution < -0.4 is 15.5 Å². The van der Waals surface area contributed by atoms with Crippen LogP contribution in [0.15, 0.2) is 53.6 Å². The van der Waals surface area contributed by atoms with Gasteiger partial charge in [0.25, 0.3) is 5.91 Å². The Hall–Kier alpha value is -3.46. The molecule has 2 aromatic rings. The lowest BCUT2D eigenvalue weighted by molar-refractivity contribution is -0.126. The maximum absolute atomic E-state index is 13.6. The van der Waals surface area contributed by atoms with E-state index in [1.807, 2.05) is 24.3 Å². The molecule has 2 aromatic carbocycles. The average Bonchev–Trinajstić information content (AvgIpc) is 3.49. The molecule has 0 bridgehead atoms. The van der Waals surface area contributed by atoms with Gasteiger partial charge in [0, 0.05) is 31.7 Å². The molecule has 1 fully saturated rings. The van der Waals surface area contributed by atoms with Crippen molar-refractivity contribution in [3.8, 4) is 5.75 Å². The van der Waals surface area contributed by atoms with E-state index in [1.165, 1.54) is 29.3 Å². The predicted molar refractivity (Wildman–Crippen MR) is 121 cm³/mol. The van der Waals surface area contributed by atoms with E-state index in [2.05, 4.69) is 5.10 Å². The second kappa shape index (κ2) is 9.99. The van der Waals surface area contributed by atoms with Gasteiger partial charge >= 0.3 is 0 Å². The van der Waals surface area contributed by atoms with Gasteiger partial charge in [-0.2, -0.15) is 5.10 Å². The van der Waals surface area contributed by atoms with Crippen LogP contribution in [-0.4, -0.2) is 54.8 Å². The molecule has 0 radical (unpaired) electrons. The van der Waals surface area contributed by atoms with Gasteiger partial charge in [0.05, 0.1) is 18.9 Å². The fourth-order valence-corrected chi connectivity index (χ4v) is 4.17. The molecule has 2 heterocycles. The number of carbonyl (C=O) groups excluding carboxylic acids is 2. The number of para-hydroxylation sites is 1. The van der Waals surface area contributed by atoms with Crippen LogP contribution in [0.2, 0.25) is 0 Å². The van der Waals surface area contributed by atoms with E-state index in [4.69, 9.17) is 15.2 Å². The second-order valence-corrected chi connectivity index (χ2v) is 8.12. The number of primary amides is 1. The summed E-state index contributed by atoms with van der Waals surface area (Å²) in [6.45, 7) is 1.37. The number of benzene rings is 2. The molecule has 2 unspecified atom stereocenters. The molecule has 0 saturated carbocycles. The minimum atomic E-state index is -0.828. The first-order valence-corrected chi connectivity index (χ1v) is 10.9. The summed E-state index contributed by atoms with van der Waals surface area (Å²) in [7, 11) is 1.59. The number of methoxy groups -OCH3 is 1. The molecule has 33 heavy (non-hydrogen) atoms. The number of carbonyl (C=O) groups is 2. The van der Waals surface area contributed by atoms with E-state index in [1.54, 1.807) is 12.0 Å². The number of nitrogens with two attached hydrogens (primary N) is 1. The van der Waals surface area contributed by atoms with E-state index in [-0.39, 0.29) is 24.1 Å². The molecular formula is C24H27FN4O4. The Bertz CT molecular complexity index is 1040. The third-order valence-corrected chi connectivity index (χ3v) is 5.87. The Kier molecular flexibility index (Phi) is 6.88. The van der Waals surface area contributed by atoms with E-state index in [0.29, 0.717) is 31.1 Å². The fourth-order valence-electron chi connectivity index (χ4n) is 4.17. The predicted octanol–water partition coefficient (Wildman–Crippen LogP) is 2.46. The zero-order valence-electron chi connectivity index (χ0n) is 18.4. The normalized spacial score (nSPS) is 19.9. The van der Waals surface area contributed by atoms with Gasteiger partial charge in [-0.15, -0.1) is 0 Å². The lowest BCUT2D eigenvalue weighted by Crippen LogP contribution is -2.42. The van der Waals surface area contributed by atoms with Gasteiger partial charge in [-0.1, -0.05) is 18.2 Å². The van der Waals surface area contributed by atoms with Crippen molar-refractivity contribution in [2.45, 2.75) is 38.0 Å². The Morgan fingerprint density at radius 3 is 2.67 bits per heavy atom. The quantitative estimate of drug-likeness (QED) is 0.661. The standard InChI is InChI=1S/C24H27FN4O4/c1-32-22-7-3-2-5-16(22)14-28(15-19-6-4-12-33-19)24(31)20-13-21(23(26)30)29(27-20)18-10-8-17(25)9-11-18/h2-3,5,7-11,19,21H,4,6,12-15H2,1H3,(H2,26,30). The van der Waals surface area contributed by atoms with Crippen LogP contribution in [0.5, 0.6) is 5.75 Å². The van der Waals surface area contributed by atoms with Gasteiger partial charge in [0.1, 0.15) is 23.3 Å². The molecule has 9 heteroatoms. The highest BCUT2D eigenvalue weighted by atomic mass is 19.1. The molecule has 2 N–H and O–H groups in total. The van der Waals surface area contributed by atoms with Crippen molar-refractivity contribution in [3.05, 3.63) is 59.9 Å². The first-order chi connectivity index (χ1) is 16.0. The maximum Gasteiger partial charge on any atom is 0.270 e. The lowest BCUT2D eigenvalue weighted by Gasteiger charge is -2.26. The van der Waals surface area contributed by atoms with Crippen molar-refractivity contribution in [2.75, 3.05) is 25.3 Å². The highest BCUT2D eigenvalue weighted by Crippen LogP contribution is 2.27. The zero-order chi connectivity index (χ0) is 23.4. The second-order valence-electron chi connectivity index (χ2n) is 8.12. The molecule has 2 atom stereocenters. The molecule has 0 aliphatic carbocycles. The summed E-state index contributed by atoms with van der Waals surface area (Å²) < 4.78 is 24.6. The molecule has 0 aromatic heterocycles. The molecule has 2 amide bonds. The first-order valence-electron chi connectivity index (χ1n) is 10.9. The van der Waals surface area contributed by atoms with Gasteiger partial charge in [-0.3, -0.25) is 14.6 Å². The Morgan fingerprint density at radius 2 is 2.00 bits per heavy atom. The van der Waals surface area contributed by atoms with Crippen LogP contribution in [0.25, 0.3) is 0 Å². The van der Waals surface area contributed by atoms with Gasteiger partial charge in [-0.25, -0.2) is 4.39 Å². The van der Waals surface area contributed by atoms with Gasteiger partial charge in [0.2, 0.25) is 5.91 Å². The molecule has 2 aliphatic rings. The topological polar surface area (TPSA) is 97.5 Å². The van der Waals surface area contributed by atoms with Crippen LogP contribution in [-0.2, 0) is 20.9 Å². The Balaban J connectivity index is 1.61. The third kappa shape index (κ3) is 5.14. The van der Waals surface area contributed by atoms with Gasteiger partial charge in [0.15, 0.2) is 0 Å². The molecule has 2 aliphatic heterocycles. The zero-order valence-corrected chi connectivity index (χ0v) is 18.4. The summed E-state index contributed by atoms with van der Waals surface area (Å²) in [5.74, 6) is -0.638.